The van der Waals surface area contributed by atoms with E-state index in [1.165, 1.54) is 11.3 Å². The van der Waals surface area contributed by atoms with Crippen molar-refractivity contribution >= 4 is 22.4 Å². The molecule has 4 rings (SSSR count). The monoisotopic (exact) mass is 514 g/mol. The first-order valence-electron chi connectivity index (χ1n) is 12.2. The zero-order valence-electron chi connectivity index (χ0n) is 20.7. The summed E-state index contributed by atoms with van der Waals surface area (Å²) in [5.74, 6) is -0.396. The third kappa shape index (κ3) is 5.76. The van der Waals surface area contributed by atoms with Gasteiger partial charge in [-0.15, -0.1) is 11.3 Å². The molecule has 36 heavy (non-hydrogen) atoms. The molecule has 1 fully saturated rings. The summed E-state index contributed by atoms with van der Waals surface area (Å²) < 4.78 is 1.74. The number of nitrogens with one attached hydrogen (secondary N) is 2. The fraction of sp³-hybridized carbons (Fsp3) is 0.480. The molecule has 1 aromatic carbocycles. The minimum Gasteiger partial charge on any atom is -0.386 e. The van der Waals surface area contributed by atoms with E-state index in [1.54, 1.807) is 15.8 Å². The van der Waals surface area contributed by atoms with E-state index in [2.05, 4.69) is 20.7 Å². The number of likely N-dealkylation sites (tertiary alicyclic amines) is 1. The molecule has 0 radical (unpaired) electrons. The van der Waals surface area contributed by atoms with Gasteiger partial charge in [-0.3, -0.25) is 10.1 Å². The summed E-state index contributed by atoms with van der Waals surface area (Å²) in [5.41, 5.74) is 2.53. The smallest absolute Gasteiger partial charge is 0.254 e. The lowest BCUT2D eigenvalue weighted by Crippen LogP contribution is -2.53. The summed E-state index contributed by atoms with van der Waals surface area (Å²) in [6, 6.07) is 8.79. The summed E-state index contributed by atoms with van der Waals surface area (Å²) in [5, 5.41) is 44.9. The zero-order chi connectivity index (χ0) is 25.8. The van der Waals surface area contributed by atoms with Gasteiger partial charge in [-0.1, -0.05) is 19.1 Å². The molecule has 5 N–H and O–H groups in total. The van der Waals surface area contributed by atoms with Gasteiger partial charge in [0.05, 0.1) is 17.4 Å². The summed E-state index contributed by atoms with van der Waals surface area (Å²) in [7, 11) is 0. The first-order chi connectivity index (χ1) is 17.3. The van der Waals surface area contributed by atoms with Crippen LogP contribution in [0.15, 0.2) is 48.1 Å². The van der Waals surface area contributed by atoms with Gasteiger partial charge in [-0.2, -0.15) is 5.10 Å². The van der Waals surface area contributed by atoms with Gasteiger partial charge >= 0.3 is 0 Å². The van der Waals surface area contributed by atoms with Crippen LogP contribution >= 0.6 is 11.3 Å². The highest BCUT2D eigenvalue weighted by molar-refractivity contribution is 7.13. The van der Waals surface area contributed by atoms with E-state index in [0.29, 0.717) is 6.54 Å². The van der Waals surface area contributed by atoms with Crippen molar-refractivity contribution in [2.75, 3.05) is 18.4 Å². The van der Waals surface area contributed by atoms with Crippen molar-refractivity contribution in [2.24, 2.45) is 5.92 Å². The van der Waals surface area contributed by atoms with Gasteiger partial charge in [-0.05, 0) is 49.9 Å². The van der Waals surface area contributed by atoms with Crippen molar-refractivity contribution in [1.29, 1.82) is 0 Å². The number of hydrogen-bond acceptors (Lipinski definition) is 9. The minimum atomic E-state index is -1.78. The number of aromatic nitrogens is 3. The van der Waals surface area contributed by atoms with E-state index >= 15 is 0 Å². The molecular formula is C25H34N6O4S. The van der Waals surface area contributed by atoms with E-state index < -0.39 is 24.3 Å². The van der Waals surface area contributed by atoms with Gasteiger partial charge in [0.25, 0.3) is 5.91 Å². The number of thiazole rings is 1. The summed E-state index contributed by atoms with van der Waals surface area (Å²) in [6.45, 7) is 7.05. The molecule has 2 aromatic heterocycles. The van der Waals surface area contributed by atoms with Gasteiger partial charge < -0.3 is 25.5 Å². The molecule has 1 saturated heterocycles. The Labute approximate surface area is 214 Å². The van der Waals surface area contributed by atoms with Crippen molar-refractivity contribution in [3.8, 4) is 5.69 Å². The van der Waals surface area contributed by atoms with E-state index in [9.17, 15) is 20.1 Å². The van der Waals surface area contributed by atoms with Gasteiger partial charge in [-0.25, -0.2) is 9.67 Å². The van der Waals surface area contributed by atoms with Crippen LogP contribution in [0.4, 0.5) is 5.13 Å². The van der Waals surface area contributed by atoms with Crippen LogP contribution in [-0.4, -0.2) is 72.4 Å². The molecule has 3 aromatic rings. The van der Waals surface area contributed by atoms with Crippen molar-refractivity contribution in [3.05, 3.63) is 59.4 Å². The Morgan fingerprint density at radius 3 is 2.67 bits per heavy atom. The fourth-order valence-electron chi connectivity index (χ4n) is 4.52. The number of amides is 1. The maximum atomic E-state index is 13.2. The molecule has 1 aliphatic rings. The Kier molecular flexibility index (Phi) is 8.37. The normalized spacial score (nSPS) is 21.2. The number of benzene rings is 1. The molecule has 1 amide bonds. The lowest BCUT2D eigenvalue weighted by Gasteiger charge is -2.30. The molecule has 0 spiro atoms. The van der Waals surface area contributed by atoms with Gasteiger partial charge in [0.1, 0.15) is 12.3 Å². The number of anilines is 1. The Bertz CT molecular complexity index is 1120. The Balaban J connectivity index is 1.38. The zero-order valence-corrected chi connectivity index (χ0v) is 21.5. The second kappa shape index (κ2) is 11.5. The molecule has 0 saturated carbocycles. The molecular weight excluding hydrogens is 480 g/mol. The second-order valence-corrected chi connectivity index (χ2v) is 10.1. The lowest BCUT2D eigenvalue weighted by molar-refractivity contribution is -0.154. The van der Waals surface area contributed by atoms with Crippen molar-refractivity contribution in [2.45, 2.75) is 57.7 Å². The lowest BCUT2D eigenvalue weighted by atomic mass is 10.1. The van der Waals surface area contributed by atoms with Crippen LogP contribution in [0, 0.1) is 5.92 Å². The van der Waals surface area contributed by atoms with Gasteiger partial charge in [0, 0.05) is 36.9 Å². The molecule has 194 valence electrons. The minimum absolute atomic E-state index is 0.223. The topological polar surface area (TPSA) is 136 Å². The molecule has 11 heteroatoms. The van der Waals surface area contributed by atoms with E-state index in [0.717, 1.165) is 35.0 Å². The molecule has 0 aliphatic carbocycles. The molecule has 10 nitrogen and oxygen atoms in total. The maximum Gasteiger partial charge on any atom is 0.254 e. The van der Waals surface area contributed by atoms with Crippen LogP contribution in [0.25, 0.3) is 5.69 Å². The SMILES string of the molecule is CCNc1nc(C2C[C@@H](C)CN2C(=O)[C@H](O)[C@@H](O)C(O)N[C@H](C)c2ccc(-n3cccn3)cc2)cs1. The van der Waals surface area contributed by atoms with Crippen molar-refractivity contribution in [1.82, 2.24) is 25.0 Å². The number of carbonyl (C=O) groups excluding carboxylic acids is 1. The number of aliphatic hydroxyl groups excluding tert-OH is 3. The molecule has 1 aliphatic heterocycles. The highest BCUT2D eigenvalue weighted by Gasteiger charge is 2.41. The Morgan fingerprint density at radius 1 is 1.25 bits per heavy atom. The molecule has 0 bridgehead atoms. The van der Waals surface area contributed by atoms with E-state index in [-0.39, 0.29) is 18.0 Å². The summed E-state index contributed by atoms with van der Waals surface area (Å²) in [6.07, 6.45) is -0.727. The quantitative estimate of drug-likeness (QED) is 0.260. The highest BCUT2D eigenvalue weighted by Crippen LogP contribution is 2.37. The third-order valence-corrected chi connectivity index (χ3v) is 7.29. The number of aliphatic hydroxyl groups is 3. The van der Waals surface area contributed by atoms with Crippen LogP contribution in [0.5, 0.6) is 0 Å². The van der Waals surface area contributed by atoms with E-state index in [4.69, 9.17) is 0 Å². The van der Waals surface area contributed by atoms with Crippen molar-refractivity contribution < 1.29 is 20.1 Å². The van der Waals surface area contributed by atoms with E-state index in [1.807, 2.05) is 62.7 Å². The average molecular weight is 515 g/mol. The van der Waals surface area contributed by atoms with Crippen molar-refractivity contribution in [3.63, 3.8) is 0 Å². The maximum absolute atomic E-state index is 13.2. The average Bonchev–Trinajstić information content (AvgIpc) is 3.64. The Morgan fingerprint density at radius 2 is 2.00 bits per heavy atom. The predicted molar refractivity (Wildman–Crippen MR) is 138 cm³/mol. The molecule has 6 atom stereocenters. The number of hydrogen-bond donors (Lipinski definition) is 5. The highest BCUT2D eigenvalue weighted by atomic mass is 32.1. The van der Waals surface area contributed by atoms with Crippen LogP contribution < -0.4 is 10.6 Å². The van der Waals surface area contributed by atoms with Gasteiger partial charge in [0.15, 0.2) is 11.2 Å². The largest absolute Gasteiger partial charge is 0.386 e. The third-order valence-electron chi connectivity index (χ3n) is 6.47. The standard InChI is InChI=1S/C25H34N6O4S/c1-4-26-25-29-19(14-36-25)20-12-15(2)13-30(20)24(35)22(33)21(32)23(34)28-16(3)17-6-8-18(9-7-17)31-11-5-10-27-31/h5-11,14-16,20-23,28,32-34H,4,12-13H2,1-3H3,(H,26,29)/t15-,16-,20?,21-,22-,23?/m1/s1. The van der Waals surface area contributed by atoms with Crippen LogP contribution in [0.2, 0.25) is 0 Å². The molecule has 3 heterocycles. The first kappa shape index (κ1) is 26.2. The van der Waals surface area contributed by atoms with Crippen LogP contribution in [0.3, 0.4) is 0 Å². The number of nitrogens with zero attached hydrogens (tertiary/aromatic N) is 4. The molecule has 2 unspecified atom stereocenters. The number of carbonyl (C=O) groups is 1. The summed E-state index contributed by atoms with van der Waals surface area (Å²) in [4.78, 5) is 19.3. The predicted octanol–water partition coefficient (Wildman–Crippen LogP) is 2.06. The van der Waals surface area contributed by atoms with Crippen LogP contribution in [0.1, 0.15) is 50.5 Å². The first-order valence-corrected chi connectivity index (χ1v) is 13.1. The van der Waals surface area contributed by atoms with Gasteiger partial charge in [0.2, 0.25) is 0 Å². The van der Waals surface area contributed by atoms with Crippen LogP contribution in [-0.2, 0) is 4.79 Å². The second-order valence-electron chi connectivity index (χ2n) is 9.27. The summed E-state index contributed by atoms with van der Waals surface area (Å²) >= 11 is 1.47. The Hall–Kier alpha value is -2.83. The fourth-order valence-corrected chi connectivity index (χ4v) is 5.35. The number of rotatable bonds is 10.